The first kappa shape index (κ1) is 14.5. The highest BCUT2D eigenvalue weighted by Crippen LogP contribution is 2.29. The van der Waals surface area contributed by atoms with Crippen LogP contribution >= 0.6 is 0 Å². The lowest BCUT2D eigenvalue weighted by Crippen LogP contribution is -2.41. The van der Waals surface area contributed by atoms with Crippen molar-refractivity contribution in [2.45, 2.75) is 71.4 Å². The molecule has 0 aromatic carbocycles. The first-order chi connectivity index (χ1) is 7.78. The molecular formula is C14H28N2O. The lowest BCUT2D eigenvalue weighted by Gasteiger charge is -2.32. The number of nitrogens with one attached hydrogen (secondary N) is 1. The smallest absolute Gasteiger partial charge is 0.220 e. The molecule has 1 aliphatic carbocycles. The molecule has 0 heterocycles. The van der Waals surface area contributed by atoms with Gasteiger partial charge >= 0.3 is 0 Å². The maximum absolute atomic E-state index is 11.8. The van der Waals surface area contributed by atoms with Crippen molar-refractivity contribution in [2.75, 3.05) is 0 Å². The topological polar surface area (TPSA) is 55.1 Å². The molecule has 1 saturated carbocycles. The molecule has 3 N–H and O–H groups in total. The van der Waals surface area contributed by atoms with Crippen molar-refractivity contribution in [3.05, 3.63) is 0 Å². The van der Waals surface area contributed by atoms with E-state index in [0.29, 0.717) is 12.5 Å². The minimum atomic E-state index is -0.244. The summed E-state index contributed by atoms with van der Waals surface area (Å²) in [5.74, 6) is 1.68. The summed E-state index contributed by atoms with van der Waals surface area (Å²) in [5, 5.41) is 3.15. The molecule has 3 heteroatoms. The Balaban J connectivity index is 2.27. The second-order valence-corrected chi connectivity index (χ2v) is 6.52. The molecule has 1 amide bonds. The van der Waals surface area contributed by atoms with Crippen LogP contribution in [0.15, 0.2) is 0 Å². The van der Waals surface area contributed by atoms with E-state index in [9.17, 15) is 4.79 Å². The minimum Gasteiger partial charge on any atom is -0.353 e. The van der Waals surface area contributed by atoms with Crippen LogP contribution in [0.3, 0.4) is 0 Å². The largest absolute Gasteiger partial charge is 0.353 e. The van der Waals surface area contributed by atoms with E-state index in [1.165, 1.54) is 6.42 Å². The van der Waals surface area contributed by atoms with Gasteiger partial charge in [-0.15, -0.1) is 0 Å². The number of nitrogens with two attached hydrogens (primary N) is 1. The van der Waals surface area contributed by atoms with Gasteiger partial charge in [-0.2, -0.15) is 0 Å². The van der Waals surface area contributed by atoms with Crippen molar-refractivity contribution in [1.82, 2.24) is 5.32 Å². The number of carbonyl (C=O) groups is 1. The van der Waals surface area contributed by atoms with Crippen LogP contribution in [0.5, 0.6) is 0 Å². The molecule has 0 bridgehead atoms. The van der Waals surface area contributed by atoms with Gasteiger partial charge in [0.25, 0.3) is 0 Å². The van der Waals surface area contributed by atoms with E-state index in [1.807, 2.05) is 13.8 Å². The average Bonchev–Trinajstić information content (AvgIpc) is 2.20. The monoisotopic (exact) mass is 240 g/mol. The Labute approximate surface area is 106 Å². The van der Waals surface area contributed by atoms with E-state index in [0.717, 1.165) is 31.1 Å². The minimum absolute atomic E-state index is 0.162. The van der Waals surface area contributed by atoms with Crippen LogP contribution in [0.25, 0.3) is 0 Å². The van der Waals surface area contributed by atoms with Gasteiger partial charge < -0.3 is 11.1 Å². The molecule has 0 aromatic heterocycles. The van der Waals surface area contributed by atoms with Crippen LogP contribution in [0.2, 0.25) is 0 Å². The molecule has 3 atom stereocenters. The summed E-state index contributed by atoms with van der Waals surface area (Å²) in [4.78, 5) is 11.8. The van der Waals surface area contributed by atoms with Crippen LogP contribution in [0, 0.1) is 11.8 Å². The summed E-state index contributed by atoms with van der Waals surface area (Å²) < 4.78 is 0. The molecule has 3 nitrogen and oxygen atoms in total. The third kappa shape index (κ3) is 5.53. The van der Waals surface area contributed by atoms with E-state index in [1.54, 1.807) is 0 Å². The number of rotatable bonds is 4. The molecule has 0 aliphatic heterocycles. The van der Waals surface area contributed by atoms with Gasteiger partial charge in [-0.3, -0.25) is 4.79 Å². The van der Waals surface area contributed by atoms with Crippen LogP contribution in [0.1, 0.15) is 59.8 Å². The third-order valence-corrected chi connectivity index (χ3v) is 3.96. The Hall–Kier alpha value is -0.570. The lowest BCUT2D eigenvalue weighted by atomic mass is 9.79. The summed E-state index contributed by atoms with van der Waals surface area (Å²) in [6.45, 7) is 8.51. The lowest BCUT2D eigenvalue weighted by molar-refractivity contribution is -0.122. The van der Waals surface area contributed by atoms with Gasteiger partial charge in [-0.1, -0.05) is 13.8 Å². The van der Waals surface area contributed by atoms with Crippen molar-refractivity contribution in [2.24, 2.45) is 17.6 Å². The Bertz CT molecular complexity index is 257. The second-order valence-electron chi connectivity index (χ2n) is 6.52. The third-order valence-electron chi connectivity index (χ3n) is 3.96. The molecule has 1 aliphatic rings. The predicted molar refractivity (Wildman–Crippen MR) is 71.6 cm³/mol. The van der Waals surface area contributed by atoms with Gasteiger partial charge in [-0.05, 0) is 51.4 Å². The molecule has 17 heavy (non-hydrogen) atoms. The normalized spacial score (nSPS) is 30.1. The molecule has 0 spiro atoms. The fraction of sp³-hybridized carbons (Fsp3) is 0.929. The zero-order chi connectivity index (χ0) is 13.1. The Morgan fingerprint density at radius 3 is 2.47 bits per heavy atom. The van der Waals surface area contributed by atoms with Crippen molar-refractivity contribution in [3.63, 3.8) is 0 Å². The molecule has 0 radical (unpaired) electrons. The Kier molecular flexibility index (Phi) is 4.99. The first-order valence-corrected chi connectivity index (χ1v) is 6.86. The van der Waals surface area contributed by atoms with Crippen molar-refractivity contribution >= 4 is 5.91 Å². The number of hydrogen-bond acceptors (Lipinski definition) is 2. The molecule has 1 fully saturated rings. The van der Waals surface area contributed by atoms with Crippen LogP contribution in [-0.2, 0) is 4.79 Å². The highest BCUT2D eigenvalue weighted by atomic mass is 16.1. The summed E-state index contributed by atoms with van der Waals surface area (Å²) in [6.07, 6.45) is 4.78. The summed E-state index contributed by atoms with van der Waals surface area (Å²) >= 11 is 0. The van der Waals surface area contributed by atoms with Crippen molar-refractivity contribution < 1.29 is 4.79 Å². The number of hydrogen-bond donors (Lipinski definition) is 2. The van der Waals surface area contributed by atoms with E-state index in [4.69, 9.17) is 5.73 Å². The maximum Gasteiger partial charge on any atom is 0.220 e. The standard InChI is InChI=1S/C14H28N2O/c1-10-5-6-12(9-11(10)2)16-13(17)7-8-14(3,4)15/h10-12H,5-9,15H2,1-4H3,(H,16,17). The van der Waals surface area contributed by atoms with E-state index in [-0.39, 0.29) is 11.4 Å². The van der Waals surface area contributed by atoms with Gasteiger partial charge in [0.15, 0.2) is 0 Å². The summed E-state index contributed by atoms with van der Waals surface area (Å²) in [7, 11) is 0. The SMILES string of the molecule is CC1CCC(NC(=O)CCC(C)(C)N)CC1C. The van der Waals surface area contributed by atoms with E-state index >= 15 is 0 Å². The maximum atomic E-state index is 11.8. The van der Waals surface area contributed by atoms with Gasteiger partial charge in [0, 0.05) is 18.0 Å². The molecular weight excluding hydrogens is 212 g/mol. The highest BCUT2D eigenvalue weighted by Gasteiger charge is 2.25. The molecule has 3 unspecified atom stereocenters. The van der Waals surface area contributed by atoms with Gasteiger partial charge in [0.2, 0.25) is 5.91 Å². The molecule has 100 valence electrons. The number of amides is 1. The fourth-order valence-corrected chi connectivity index (χ4v) is 2.41. The second kappa shape index (κ2) is 5.85. The van der Waals surface area contributed by atoms with Crippen LogP contribution < -0.4 is 11.1 Å². The van der Waals surface area contributed by atoms with Crippen LogP contribution in [0.4, 0.5) is 0 Å². The van der Waals surface area contributed by atoms with Crippen molar-refractivity contribution in [1.29, 1.82) is 0 Å². The molecule has 0 saturated heterocycles. The average molecular weight is 240 g/mol. The molecule has 0 aromatic rings. The van der Waals surface area contributed by atoms with Gasteiger partial charge in [0.1, 0.15) is 0 Å². The zero-order valence-electron chi connectivity index (χ0n) is 11.8. The predicted octanol–water partition coefficient (Wildman–Crippen LogP) is 2.44. The highest BCUT2D eigenvalue weighted by molar-refractivity contribution is 5.76. The Morgan fingerprint density at radius 1 is 1.29 bits per heavy atom. The van der Waals surface area contributed by atoms with Gasteiger partial charge in [-0.25, -0.2) is 0 Å². The Morgan fingerprint density at radius 2 is 1.94 bits per heavy atom. The summed E-state index contributed by atoms with van der Waals surface area (Å²) in [5.41, 5.74) is 5.63. The first-order valence-electron chi connectivity index (χ1n) is 6.86. The number of carbonyl (C=O) groups excluding carboxylic acids is 1. The molecule has 1 rings (SSSR count). The van der Waals surface area contributed by atoms with E-state index in [2.05, 4.69) is 19.2 Å². The van der Waals surface area contributed by atoms with Gasteiger partial charge in [0.05, 0.1) is 0 Å². The quantitative estimate of drug-likeness (QED) is 0.793. The fourth-order valence-electron chi connectivity index (χ4n) is 2.41. The summed E-state index contributed by atoms with van der Waals surface area (Å²) in [6, 6.07) is 0.384. The van der Waals surface area contributed by atoms with Crippen LogP contribution in [-0.4, -0.2) is 17.5 Å². The zero-order valence-corrected chi connectivity index (χ0v) is 11.8. The van der Waals surface area contributed by atoms with E-state index < -0.39 is 0 Å². The van der Waals surface area contributed by atoms with Crippen molar-refractivity contribution in [3.8, 4) is 0 Å².